The summed E-state index contributed by atoms with van der Waals surface area (Å²) in [4.78, 5) is 13.4. The van der Waals surface area contributed by atoms with Gasteiger partial charge in [-0.2, -0.15) is 0 Å². The van der Waals surface area contributed by atoms with Crippen molar-refractivity contribution in [2.24, 2.45) is 0 Å². The van der Waals surface area contributed by atoms with Crippen LogP contribution in [0.3, 0.4) is 0 Å². The van der Waals surface area contributed by atoms with Gasteiger partial charge in [0, 0.05) is 5.56 Å². The summed E-state index contributed by atoms with van der Waals surface area (Å²) in [5.74, 6) is 0.833. The summed E-state index contributed by atoms with van der Waals surface area (Å²) in [6.45, 7) is 1.58. The molecule has 0 radical (unpaired) electrons. The predicted molar refractivity (Wildman–Crippen MR) is 97.1 cm³/mol. The number of ketones is 1. The predicted octanol–water partition coefficient (Wildman–Crippen LogP) is 5.64. The molecule has 1 aromatic carbocycles. The third kappa shape index (κ3) is 6.49. The van der Waals surface area contributed by atoms with Gasteiger partial charge in [-0.15, -0.1) is 35.3 Å². The molecule has 0 fully saturated rings. The molecule has 0 amide bonds. The molecule has 1 rings (SSSR count). The summed E-state index contributed by atoms with van der Waals surface area (Å²) >= 11 is 4.73. The highest BCUT2D eigenvalue weighted by Crippen LogP contribution is 2.36. The van der Waals surface area contributed by atoms with Crippen LogP contribution in [0.1, 0.15) is 30.1 Å². The van der Waals surface area contributed by atoms with Gasteiger partial charge in [0.2, 0.25) is 5.78 Å². The van der Waals surface area contributed by atoms with Crippen LogP contribution in [0.2, 0.25) is 0 Å². The van der Waals surface area contributed by atoms with E-state index in [1.807, 2.05) is 42.8 Å². The number of allylic oxidation sites excluding steroid dienone is 1. The lowest BCUT2D eigenvalue weighted by Crippen LogP contribution is -2.03. The van der Waals surface area contributed by atoms with Gasteiger partial charge in [-0.3, -0.25) is 4.79 Å². The van der Waals surface area contributed by atoms with Crippen LogP contribution in [0.5, 0.6) is 0 Å². The molecule has 1 atom stereocenters. The van der Waals surface area contributed by atoms with Crippen molar-refractivity contribution in [2.45, 2.75) is 25.9 Å². The maximum Gasteiger partial charge on any atom is 0.201 e. The van der Waals surface area contributed by atoms with Crippen molar-refractivity contribution in [2.75, 3.05) is 18.3 Å². The maximum absolute atomic E-state index is 12.8. The van der Waals surface area contributed by atoms with E-state index in [0.29, 0.717) is 12.0 Å². The summed E-state index contributed by atoms with van der Waals surface area (Å²) in [5, 5.41) is 0. The minimum Gasteiger partial charge on any atom is -0.288 e. The number of carbonyl (C=O) groups excluding carboxylic acids is 1. The van der Waals surface area contributed by atoms with Crippen LogP contribution < -0.4 is 0 Å². The minimum atomic E-state index is -0.775. The van der Waals surface area contributed by atoms with E-state index in [4.69, 9.17) is 0 Å². The van der Waals surface area contributed by atoms with Gasteiger partial charge in [0.05, 0.1) is 15.3 Å². The Morgan fingerprint density at radius 1 is 1.19 bits per heavy atom. The quantitative estimate of drug-likeness (QED) is 0.327. The van der Waals surface area contributed by atoms with Crippen LogP contribution in [0, 0.1) is 0 Å². The number of Topliss-reactive ketones (excluding diaryl/α,β-unsaturated/α-hetero) is 1. The molecule has 0 aliphatic heterocycles. The molecule has 0 saturated heterocycles. The Kier molecular flexibility index (Phi) is 9.20. The molecular formula is C16H21FOS3. The number of hydrogen-bond donors (Lipinski definition) is 0. The largest absolute Gasteiger partial charge is 0.288 e. The minimum absolute atomic E-state index is 0.0626. The van der Waals surface area contributed by atoms with E-state index in [2.05, 4.69) is 0 Å². The second kappa shape index (κ2) is 10.4. The number of alkyl halides is 1. The van der Waals surface area contributed by atoms with Crippen molar-refractivity contribution < 1.29 is 9.18 Å². The van der Waals surface area contributed by atoms with Gasteiger partial charge in [0.15, 0.2) is 0 Å². The van der Waals surface area contributed by atoms with E-state index in [-0.39, 0.29) is 5.78 Å². The second-order valence-electron chi connectivity index (χ2n) is 4.49. The molecule has 0 aliphatic carbocycles. The fourth-order valence-corrected chi connectivity index (χ4v) is 4.70. The van der Waals surface area contributed by atoms with Gasteiger partial charge < -0.3 is 0 Å². The van der Waals surface area contributed by atoms with E-state index in [9.17, 15) is 9.18 Å². The van der Waals surface area contributed by atoms with Crippen LogP contribution in [0.25, 0.3) is 0 Å². The van der Waals surface area contributed by atoms with E-state index >= 15 is 0 Å². The summed E-state index contributed by atoms with van der Waals surface area (Å²) in [7, 11) is 0. The van der Waals surface area contributed by atoms with Gasteiger partial charge in [0.25, 0.3) is 0 Å². The highest BCUT2D eigenvalue weighted by molar-refractivity contribution is 8.22. The van der Waals surface area contributed by atoms with Crippen molar-refractivity contribution in [1.82, 2.24) is 0 Å². The SMILES string of the molecule is CSC(SC)=C(SCCCC(C)F)C(=O)c1ccccc1. The number of benzene rings is 1. The van der Waals surface area contributed by atoms with Gasteiger partial charge in [-0.1, -0.05) is 30.3 Å². The molecule has 0 heterocycles. The first kappa shape index (κ1) is 18.7. The van der Waals surface area contributed by atoms with Gasteiger partial charge >= 0.3 is 0 Å². The Balaban J connectivity index is 2.83. The van der Waals surface area contributed by atoms with Crippen molar-refractivity contribution >= 4 is 41.1 Å². The molecule has 21 heavy (non-hydrogen) atoms. The molecule has 5 heteroatoms. The van der Waals surface area contributed by atoms with Crippen molar-refractivity contribution in [3.8, 4) is 0 Å². The summed E-state index contributed by atoms with van der Waals surface area (Å²) in [6.07, 6.45) is 4.52. The molecule has 0 spiro atoms. The van der Waals surface area contributed by atoms with Crippen LogP contribution in [0.15, 0.2) is 39.5 Å². The van der Waals surface area contributed by atoms with Crippen molar-refractivity contribution in [1.29, 1.82) is 0 Å². The lowest BCUT2D eigenvalue weighted by molar-refractivity contribution is 0.104. The zero-order valence-electron chi connectivity index (χ0n) is 12.6. The maximum atomic E-state index is 12.8. The first-order chi connectivity index (χ1) is 10.1. The fourth-order valence-electron chi connectivity index (χ4n) is 1.75. The molecule has 1 unspecified atom stereocenters. The Hall–Kier alpha value is -0.390. The Morgan fingerprint density at radius 3 is 2.33 bits per heavy atom. The zero-order valence-corrected chi connectivity index (χ0v) is 15.0. The average Bonchev–Trinajstić information content (AvgIpc) is 2.50. The fraction of sp³-hybridized carbons (Fsp3) is 0.438. The van der Waals surface area contributed by atoms with E-state index in [1.54, 1.807) is 42.2 Å². The Bertz CT molecular complexity index is 466. The Labute approximate surface area is 139 Å². The molecule has 0 bridgehead atoms. The number of rotatable bonds is 9. The average molecular weight is 345 g/mol. The molecule has 0 saturated carbocycles. The Morgan fingerprint density at radius 2 is 1.81 bits per heavy atom. The highest BCUT2D eigenvalue weighted by Gasteiger charge is 2.17. The van der Waals surface area contributed by atoms with Crippen molar-refractivity contribution in [3.63, 3.8) is 0 Å². The number of hydrogen-bond acceptors (Lipinski definition) is 4. The first-order valence-corrected chi connectivity index (χ1v) is 10.2. The second-order valence-corrected chi connectivity index (χ2v) is 7.49. The molecule has 1 aromatic rings. The zero-order chi connectivity index (χ0) is 15.7. The standard InChI is InChI=1S/C16H21FOS3/c1-12(17)8-7-11-21-15(16(19-2)20-3)14(18)13-9-5-4-6-10-13/h4-6,9-10,12H,7-8,11H2,1-3H3. The lowest BCUT2D eigenvalue weighted by atomic mass is 10.1. The van der Waals surface area contributed by atoms with Gasteiger partial charge in [0.1, 0.15) is 0 Å². The number of thioether (sulfide) groups is 3. The first-order valence-electron chi connectivity index (χ1n) is 6.79. The molecule has 0 aromatic heterocycles. The van der Waals surface area contributed by atoms with E-state index in [0.717, 1.165) is 21.3 Å². The van der Waals surface area contributed by atoms with E-state index < -0.39 is 6.17 Å². The smallest absolute Gasteiger partial charge is 0.201 e. The monoisotopic (exact) mass is 344 g/mol. The third-order valence-electron chi connectivity index (χ3n) is 2.79. The summed E-state index contributed by atoms with van der Waals surface area (Å²) in [5.41, 5.74) is 0.708. The molecule has 0 N–H and O–H groups in total. The normalized spacial score (nSPS) is 12.0. The van der Waals surface area contributed by atoms with Crippen molar-refractivity contribution in [3.05, 3.63) is 45.0 Å². The highest BCUT2D eigenvalue weighted by atomic mass is 32.2. The molecular weight excluding hydrogens is 323 g/mol. The summed E-state index contributed by atoms with van der Waals surface area (Å²) in [6, 6.07) is 9.33. The molecule has 116 valence electrons. The van der Waals surface area contributed by atoms with Crippen LogP contribution >= 0.6 is 35.3 Å². The van der Waals surface area contributed by atoms with Crippen LogP contribution in [-0.2, 0) is 0 Å². The lowest BCUT2D eigenvalue weighted by Gasteiger charge is -2.11. The number of halogens is 1. The number of carbonyl (C=O) groups is 1. The van der Waals surface area contributed by atoms with Gasteiger partial charge in [-0.25, -0.2) is 4.39 Å². The molecule has 0 aliphatic rings. The van der Waals surface area contributed by atoms with Gasteiger partial charge in [-0.05, 0) is 38.0 Å². The topological polar surface area (TPSA) is 17.1 Å². The van der Waals surface area contributed by atoms with E-state index in [1.165, 1.54) is 0 Å². The summed E-state index contributed by atoms with van der Waals surface area (Å²) < 4.78 is 13.9. The molecule has 1 nitrogen and oxygen atoms in total. The van der Waals surface area contributed by atoms with Crippen LogP contribution in [0.4, 0.5) is 4.39 Å². The van der Waals surface area contributed by atoms with Crippen LogP contribution in [-0.4, -0.2) is 30.2 Å². The third-order valence-corrected chi connectivity index (χ3v) is 6.37.